The largest absolute Gasteiger partial charge is 0.373 e. The summed E-state index contributed by atoms with van der Waals surface area (Å²) in [6.07, 6.45) is 15.9. The van der Waals surface area contributed by atoms with Gasteiger partial charge in [-0.15, -0.1) is 0 Å². The summed E-state index contributed by atoms with van der Waals surface area (Å²) in [6, 6.07) is 0.599. The van der Waals surface area contributed by atoms with Crippen LogP contribution in [-0.4, -0.2) is 24.8 Å². The molecule has 2 rings (SSSR count). The summed E-state index contributed by atoms with van der Waals surface area (Å²) in [5.74, 6) is 0.917. The zero-order chi connectivity index (χ0) is 14.2. The smallest absolute Gasteiger partial charge is 0.0731 e. The Morgan fingerprint density at radius 3 is 2.45 bits per heavy atom. The molecule has 20 heavy (non-hydrogen) atoms. The molecule has 2 fully saturated rings. The van der Waals surface area contributed by atoms with Crippen LogP contribution in [0.15, 0.2) is 0 Å². The van der Waals surface area contributed by atoms with Gasteiger partial charge in [-0.05, 0) is 38.1 Å². The lowest BCUT2D eigenvalue weighted by molar-refractivity contribution is -0.0632. The van der Waals surface area contributed by atoms with Gasteiger partial charge in [0.05, 0.1) is 12.2 Å². The molecule has 0 aromatic rings. The van der Waals surface area contributed by atoms with Gasteiger partial charge in [-0.2, -0.15) is 0 Å². The van der Waals surface area contributed by atoms with Crippen LogP contribution in [0.1, 0.15) is 84.5 Å². The van der Waals surface area contributed by atoms with Crippen LogP contribution < -0.4 is 5.32 Å². The molecule has 0 heterocycles. The van der Waals surface area contributed by atoms with E-state index < -0.39 is 0 Å². The highest BCUT2D eigenvalue weighted by Crippen LogP contribution is 2.31. The van der Waals surface area contributed by atoms with Crippen LogP contribution >= 0.6 is 0 Å². The minimum atomic E-state index is 0.468. The van der Waals surface area contributed by atoms with Crippen LogP contribution in [0.25, 0.3) is 0 Å². The molecule has 2 aliphatic rings. The molecule has 0 amide bonds. The Labute approximate surface area is 126 Å². The van der Waals surface area contributed by atoms with E-state index in [4.69, 9.17) is 4.74 Å². The van der Waals surface area contributed by atoms with Crippen molar-refractivity contribution >= 4 is 0 Å². The predicted molar refractivity (Wildman–Crippen MR) is 86.1 cm³/mol. The molecular formula is C18H35NO. The molecule has 0 bridgehead atoms. The standard InChI is InChI=1S/C18H35NO/c1-3-15-10-9-11-16(14-15)20-18-13-8-6-5-7-12-17(18)19-4-2/h15-19H,3-14H2,1-2H3. The number of likely N-dealkylation sites (N-methyl/N-ethyl adjacent to an activating group) is 1. The maximum absolute atomic E-state index is 6.60. The van der Waals surface area contributed by atoms with E-state index in [2.05, 4.69) is 19.2 Å². The number of hydrogen-bond donors (Lipinski definition) is 1. The number of nitrogens with one attached hydrogen (secondary N) is 1. The van der Waals surface area contributed by atoms with Crippen molar-refractivity contribution in [3.63, 3.8) is 0 Å². The van der Waals surface area contributed by atoms with Gasteiger partial charge in [0, 0.05) is 6.04 Å². The normalized spacial score (nSPS) is 36.3. The van der Waals surface area contributed by atoms with Gasteiger partial charge in [0.15, 0.2) is 0 Å². The molecule has 4 atom stereocenters. The topological polar surface area (TPSA) is 21.3 Å². The zero-order valence-corrected chi connectivity index (χ0v) is 13.7. The zero-order valence-electron chi connectivity index (χ0n) is 13.7. The summed E-state index contributed by atoms with van der Waals surface area (Å²) in [6.45, 7) is 5.64. The van der Waals surface area contributed by atoms with Crippen molar-refractivity contribution in [1.82, 2.24) is 5.32 Å². The van der Waals surface area contributed by atoms with Crippen LogP contribution in [-0.2, 0) is 4.74 Å². The first kappa shape index (κ1) is 16.3. The molecule has 4 unspecified atom stereocenters. The molecule has 0 radical (unpaired) electrons. The van der Waals surface area contributed by atoms with E-state index >= 15 is 0 Å². The van der Waals surface area contributed by atoms with E-state index in [1.807, 2.05) is 0 Å². The molecule has 0 spiro atoms. The van der Waals surface area contributed by atoms with Crippen molar-refractivity contribution in [3.05, 3.63) is 0 Å². The van der Waals surface area contributed by atoms with Gasteiger partial charge in [0.1, 0.15) is 0 Å². The maximum Gasteiger partial charge on any atom is 0.0731 e. The van der Waals surface area contributed by atoms with Gasteiger partial charge >= 0.3 is 0 Å². The molecule has 1 N–H and O–H groups in total. The fourth-order valence-corrected chi connectivity index (χ4v) is 4.09. The molecule has 2 saturated carbocycles. The monoisotopic (exact) mass is 281 g/mol. The van der Waals surface area contributed by atoms with Gasteiger partial charge in [0.25, 0.3) is 0 Å². The van der Waals surface area contributed by atoms with Gasteiger partial charge in [-0.3, -0.25) is 0 Å². The third-order valence-electron chi connectivity index (χ3n) is 5.35. The van der Waals surface area contributed by atoms with Gasteiger partial charge < -0.3 is 10.1 Å². The molecule has 0 saturated heterocycles. The SMILES string of the molecule is CCNC1CCCCCCC1OC1CCCC(CC)C1. The Balaban J connectivity index is 1.88. The van der Waals surface area contributed by atoms with Crippen molar-refractivity contribution in [2.24, 2.45) is 5.92 Å². The molecule has 0 aromatic heterocycles. The van der Waals surface area contributed by atoms with Crippen molar-refractivity contribution < 1.29 is 4.74 Å². The highest BCUT2D eigenvalue weighted by molar-refractivity contribution is 4.82. The highest BCUT2D eigenvalue weighted by Gasteiger charge is 2.28. The predicted octanol–water partition coefficient (Wildman–Crippen LogP) is 4.67. The fraction of sp³-hybridized carbons (Fsp3) is 1.00. The molecule has 118 valence electrons. The molecule has 0 aromatic carbocycles. The Morgan fingerprint density at radius 2 is 1.70 bits per heavy atom. The van der Waals surface area contributed by atoms with E-state index in [0.717, 1.165) is 12.5 Å². The average molecular weight is 281 g/mol. The van der Waals surface area contributed by atoms with Gasteiger partial charge in [0.2, 0.25) is 0 Å². The lowest BCUT2D eigenvalue weighted by atomic mass is 9.85. The summed E-state index contributed by atoms with van der Waals surface area (Å²) >= 11 is 0. The Bertz CT molecular complexity index is 256. The van der Waals surface area contributed by atoms with E-state index in [1.165, 1.54) is 70.6 Å². The van der Waals surface area contributed by atoms with Gasteiger partial charge in [-0.25, -0.2) is 0 Å². The molecule has 2 heteroatoms. The number of ether oxygens (including phenoxy) is 1. The Morgan fingerprint density at radius 1 is 0.900 bits per heavy atom. The van der Waals surface area contributed by atoms with Crippen molar-refractivity contribution in [1.29, 1.82) is 0 Å². The second kappa shape index (κ2) is 9.04. The van der Waals surface area contributed by atoms with E-state index in [-0.39, 0.29) is 0 Å². The molecule has 0 aliphatic heterocycles. The summed E-state index contributed by atoms with van der Waals surface area (Å²) < 4.78 is 6.60. The summed E-state index contributed by atoms with van der Waals surface area (Å²) in [5, 5.41) is 3.69. The lowest BCUT2D eigenvalue weighted by Gasteiger charge is -2.36. The second-order valence-corrected chi connectivity index (χ2v) is 6.89. The van der Waals surface area contributed by atoms with Crippen molar-refractivity contribution in [2.45, 2.75) is 103 Å². The second-order valence-electron chi connectivity index (χ2n) is 6.89. The summed E-state index contributed by atoms with van der Waals surface area (Å²) in [7, 11) is 0. The lowest BCUT2D eigenvalue weighted by Crippen LogP contribution is -2.44. The van der Waals surface area contributed by atoms with Gasteiger partial charge in [-0.1, -0.05) is 58.8 Å². The molecule has 2 nitrogen and oxygen atoms in total. The highest BCUT2D eigenvalue weighted by atomic mass is 16.5. The first-order valence-electron chi connectivity index (χ1n) is 9.22. The van der Waals surface area contributed by atoms with Crippen LogP contribution in [0, 0.1) is 5.92 Å². The van der Waals surface area contributed by atoms with Crippen molar-refractivity contribution in [3.8, 4) is 0 Å². The molecule has 2 aliphatic carbocycles. The van der Waals surface area contributed by atoms with Crippen molar-refractivity contribution in [2.75, 3.05) is 6.54 Å². The average Bonchev–Trinajstić information content (AvgIpc) is 2.46. The van der Waals surface area contributed by atoms with E-state index in [1.54, 1.807) is 0 Å². The van der Waals surface area contributed by atoms with Crippen LogP contribution in [0.3, 0.4) is 0 Å². The number of hydrogen-bond acceptors (Lipinski definition) is 2. The quantitative estimate of drug-likeness (QED) is 0.790. The third kappa shape index (κ3) is 5.04. The summed E-state index contributed by atoms with van der Waals surface area (Å²) in [5.41, 5.74) is 0. The van der Waals surface area contributed by atoms with Crippen LogP contribution in [0.4, 0.5) is 0 Å². The van der Waals surface area contributed by atoms with Crippen LogP contribution in [0.2, 0.25) is 0 Å². The third-order valence-corrected chi connectivity index (χ3v) is 5.35. The maximum atomic E-state index is 6.60. The molecular weight excluding hydrogens is 246 g/mol. The summed E-state index contributed by atoms with van der Waals surface area (Å²) in [4.78, 5) is 0. The first-order valence-corrected chi connectivity index (χ1v) is 9.22. The van der Waals surface area contributed by atoms with Crippen LogP contribution in [0.5, 0.6) is 0 Å². The number of rotatable bonds is 5. The van der Waals surface area contributed by atoms with E-state index in [0.29, 0.717) is 18.2 Å². The minimum Gasteiger partial charge on any atom is -0.373 e. The fourth-order valence-electron chi connectivity index (χ4n) is 4.09. The Kier molecular flexibility index (Phi) is 7.37. The Hall–Kier alpha value is -0.0800. The first-order chi connectivity index (χ1) is 9.83. The van der Waals surface area contributed by atoms with E-state index in [9.17, 15) is 0 Å². The minimum absolute atomic E-state index is 0.468.